The maximum absolute atomic E-state index is 3.61. The lowest BCUT2D eigenvalue weighted by Crippen LogP contribution is -2.29. The van der Waals surface area contributed by atoms with Crippen LogP contribution in [0, 0.1) is 11.8 Å². The maximum Gasteiger partial charge on any atom is 0.00984 e. The summed E-state index contributed by atoms with van der Waals surface area (Å²) in [7, 11) is 0. The summed E-state index contributed by atoms with van der Waals surface area (Å²) in [6, 6.07) is 0.892. The van der Waals surface area contributed by atoms with Crippen LogP contribution >= 0.6 is 0 Å². The molecule has 2 aliphatic rings. The summed E-state index contributed by atoms with van der Waals surface area (Å²) in [6.07, 6.45) is 5.86. The summed E-state index contributed by atoms with van der Waals surface area (Å²) >= 11 is 0. The van der Waals surface area contributed by atoms with Gasteiger partial charge in [-0.05, 0) is 31.2 Å². The molecule has 1 heterocycles. The number of hydrogen-bond acceptors (Lipinski definition) is 1. The Hall–Kier alpha value is -0.0400. The first-order valence-electron chi connectivity index (χ1n) is 4.61. The van der Waals surface area contributed by atoms with Crippen molar-refractivity contribution in [2.75, 3.05) is 6.54 Å². The molecule has 0 aromatic carbocycles. The second-order valence-corrected chi connectivity index (χ2v) is 3.94. The highest BCUT2D eigenvalue weighted by Crippen LogP contribution is 2.33. The molecule has 0 radical (unpaired) electrons. The fraction of sp³-hybridized carbons (Fsp3) is 1.00. The van der Waals surface area contributed by atoms with E-state index < -0.39 is 0 Å². The highest BCUT2D eigenvalue weighted by atomic mass is 15.0. The van der Waals surface area contributed by atoms with Crippen molar-refractivity contribution < 1.29 is 0 Å². The first-order chi connectivity index (χ1) is 4.88. The second kappa shape index (κ2) is 2.54. The van der Waals surface area contributed by atoms with E-state index in [4.69, 9.17) is 0 Å². The molecule has 1 heteroatoms. The Morgan fingerprint density at radius 1 is 1.20 bits per heavy atom. The topological polar surface area (TPSA) is 12.0 Å². The average molecular weight is 139 g/mol. The Balaban J connectivity index is 2.01. The van der Waals surface area contributed by atoms with Crippen LogP contribution < -0.4 is 5.32 Å². The van der Waals surface area contributed by atoms with Gasteiger partial charge < -0.3 is 5.32 Å². The Morgan fingerprint density at radius 3 is 2.80 bits per heavy atom. The number of hydrogen-bond donors (Lipinski definition) is 1. The summed E-state index contributed by atoms with van der Waals surface area (Å²) in [5, 5.41) is 3.61. The predicted octanol–water partition coefficient (Wildman–Crippen LogP) is 1.78. The Kier molecular flexibility index (Phi) is 1.69. The molecule has 1 N–H and O–H groups in total. The van der Waals surface area contributed by atoms with Gasteiger partial charge in [0.2, 0.25) is 0 Å². The standard InChI is InChI=1S/C9H17N/c1-7-6-10-9-5-3-2-4-8(7)9/h7-10H,2-6H2,1H3/t7-,8-,9+/m0/s1. The Labute approximate surface area is 63.2 Å². The molecular formula is C9H17N. The zero-order valence-corrected chi connectivity index (χ0v) is 6.77. The third-order valence-corrected chi connectivity index (χ3v) is 3.25. The van der Waals surface area contributed by atoms with Crippen LogP contribution in [0.25, 0.3) is 0 Å². The van der Waals surface area contributed by atoms with Crippen LogP contribution in [0.5, 0.6) is 0 Å². The van der Waals surface area contributed by atoms with Gasteiger partial charge in [-0.25, -0.2) is 0 Å². The first-order valence-corrected chi connectivity index (χ1v) is 4.61. The van der Waals surface area contributed by atoms with E-state index in [0.717, 1.165) is 17.9 Å². The smallest absolute Gasteiger partial charge is 0.00984 e. The van der Waals surface area contributed by atoms with Gasteiger partial charge in [-0.15, -0.1) is 0 Å². The van der Waals surface area contributed by atoms with E-state index in [-0.39, 0.29) is 0 Å². The zero-order valence-electron chi connectivity index (χ0n) is 6.77. The van der Waals surface area contributed by atoms with Gasteiger partial charge in [0.05, 0.1) is 0 Å². The van der Waals surface area contributed by atoms with Crippen LogP contribution in [0.1, 0.15) is 32.6 Å². The largest absolute Gasteiger partial charge is 0.313 e. The van der Waals surface area contributed by atoms with Crippen molar-refractivity contribution in [3.63, 3.8) is 0 Å². The molecule has 1 nitrogen and oxygen atoms in total. The van der Waals surface area contributed by atoms with Crippen molar-refractivity contribution in [1.29, 1.82) is 0 Å². The van der Waals surface area contributed by atoms with Crippen LogP contribution in [-0.4, -0.2) is 12.6 Å². The zero-order chi connectivity index (χ0) is 6.97. The molecule has 0 bridgehead atoms. The molecule has 0 aromatic heterocycles. The number of rotatable bonds is 0. The van der Waals surface area contributed by atoms with Crippen molar-refractivity contribution >= 4 is 0 Å². The van der Waals surface area contributed by atoms with Gasteiger partial charge in [-0.3, -0.25) is 0 Å². The fourth-order valence-electron chi connectivity index (χ4n) is 2.58. The van der Waals surface area contributed by atoms with E-state index >= 15 is 0 Å². The average Bonchev–Trinajstić information content (AvgIpc) is 2.34. The summed E-state index contributed by atoms with van der Waals surface area (Å²) in [4.78, 5) is 0. The van der Waals surface area contributed by atoms with Crippen molar-refractivity contribution in [3.05, 3.63) is 0 Å². The minimum Gasteiger partial charge on any atom is -0.313 e. The molecule has 0 unspecified atom stereocenters. The molecular weight excluding hydrogens is 122 g/mol. The lowest BCUT2D eigenvalue weighted by molar-refractivity contribution is 0.285. The maximum atomic E-state index is 3.61. The summed E-state index contributed by atoms with van der Waals surface area (Å²) < 4.78 is 0. The molecule has 0 aromatic rings. The molecule has 58 valence electrons. The fourth-order valence-corrected chi connectivity index (χ4v) is 2.58. The van der Waals surface area contributed by atoms with Crippen LogP contribution in [-0.2, 0) is 0 Å². The van der Waals surface area contributed by atoms with E-state index in [1.54, 1.807) is 0 Å². The van der Waals surface area contributed by atoms with Gasteiger partial charge in [0.15, 0.2) is 0 Å². The summed E-state index contributed by atoms with van der Waals surface area (Å²) in [5.41, 5.74) is 0. The first kappa shape index (κ1) is 6.66. The molecule has 0 amide bonds. The van der Waals surface area contributed by atoms with E-state index in [9.17, 15) is 0 Å². The molecule has 3 atom stereocenters. The van der Waals surface area contributed by atoms with E-state index in [0.29, 0.717) is 0 Å². The third-order valence-electron chi connectivity index (χ3n) is 3.25. The molecule has 2 rings (SSSR count). The van der Waals surface area contributed by atoms with Crippen LogP contribution in [0.3, 0.4) is 0 Å². The molecule has 2 fully saturated rings. The molecule has 1 saturated carbocycles. The molecule has 1 aliphatic carbocycles. The quantitative estimate of drug-likeness (QED) is 0.539. The van der Waals surface area contributed by atoms with Gasteiger partial charge >= 0.3 is 0 Å². The monoisotopic (exact) mass is 139 g/mol. The predicted molar refractivity (Wildman–Crippen MR) is 42.9 cm³/mol. The van der Waals surface area contributed by atoms with Gasteiger partial charge in [0.25, 0.3) is 0 Å². The van der Waals surface area contributed by atoms with Crippen LogP contribution in [0.15, 0.2) is 0 Å². The minimum absolute atomic E-state index is 0.892. The Morgan fingerprint density at radius 2 is 2.00 bits per heavy atom. The van der Waals surface area contributed by atoms with Crippen LogP contribution in [0.2, 0.25) is 0 Å². The second-order valence-electron chi connectivity index (χ2n) is 3.94. The lowest BCUT2D eigenvalue weighted by atomic mass is 9.81. The minimum atomic E-state index is 0.892. The van der Waals surface area contributed by atoms with E-state index in [1.165, 1.54) is 32.2 Å². The highest BCUT2D eigenvalue weighted by Gasteiger charge is 2.34. The Bertz CT molecular complexity index is 120. The van der Waals surface area contributed by atoms with E-state index in [2.05, 4.69) is 12.2 Å². The van der Waals surface area contributed by atoms with Crippen molar-refractivity contribution in [3.8, 4) is 0 Å². The summed E-state index contributed by atoms with van der Waals surface area (Å²) in [5.74, 6) is 1.97. The normalized spacial score (nSPS) is 47.1. The highest BCUT2D eigenvalue weighted by molar-refractivity contribution is 4.90. The number of fused-ring (bicyclic) bond motifs is 1. The van der Waals surface area contributed by atoms with Gasteiger partial charge in [0, 0.05) is 6.04 Å². The number of nitrogens with one attached hydrogen (secondary N) is 1. The molecule has 0 spiro atoms. The van der Waals surface area contributed by atoms with Crippen molar-refractivity contribution in [1.82, 2.24) is 5.32 Å². The summed E-state index contributed by atoms with van der Waals surface area (Å²) in [6.45, 7) is 3.66. The van der Waals surface area contributed by atoms with Crippen molar-refractivity contribution in [2.45, 2.75) is 38.6 Å². The third kappa shape index (κ3) is 0.968. The lowest BCUT2D eigenvalue weighted by Gasteiger charge is -2.26. The molecule has 10 heavy (non-hydrogen) atoms. The van der Waals surface area contributed by atoms with Gasteiger partial charge in [-0.1, -0.05) is 19.8 Å². The van der Waals surface area contributed by atoms with Gasteiger partial charge in [0.1, 0.15) is 0 Å². The van der Waals surface area contributed by atoms with E-state index in [1.807, 2.05) is 0 Å². The molecule has 1 aliphatic heterocycles. The SMILES string of the molecule is C[C@H]1CN[C@@H]2CCCC[C@@H]12. The van der Waals surface area contributed by atoms with Crippen molar-refractivity contribution in [2.24, 2.45) is 11.8 Å². The van der Waals surface area contributed by atoms with Gasteiger partial charge in [-0.2, -0.15) is 0 Å². The molecule has 1 saturated heterocycles. The van der Waals surface area contributed by atoms with Crippen LogP contribution in [0.4, 0.5) is 0 Å².